The molecule has 0 unspecified atom stereocenters. The van der Waals surface area contributed by atoms with Crippen LogP contribution in [0.25, 0.3) is 0 Å². The minimum atomic E-state index is -1.92. The molecule has 0 rings (SSSR count). The molecule has 0 aliphatic rings. The smallest absolute Gasteiger partial charge is 0.334 e. The van der Waals surface area contributed by atoms with Crippen LogP contribution >= 0.6 is 0 Å². The van der Waals surface area contributed by atoms with Gasteiger partial charge in [0.25, 0.3) is 0 Å². The molecule has 0 radical (unpaired) electrons. The van der Waals surface area contributed by atoms with Crippen LogP contribution in [0.4, 0.5) is 0 Å². The van der Waals surface area contributed by atoms with Crippen molar-refractivity contribution in [1.29, 1.82) is 0 Å². The molecule has 188 valence electrons. The summed E-state index contributed by atoms with van der Waals surface area (Å²) in [4.78, 5) is 0. The first-order valence-electron chi connectivity index (χ1n) is 12.0. The number of unbranched alkanes of at least 4 members (excludes halogenated alkanes) is 3. The third-order valence-corrected chi connectivity index (χ3v) is 19.7. The van der Waals surface area contributed by atoms with Crippen LogP contribution in [0.15, 0.2) is 0 Å². The molecule has 0 aromatic rings. The van der Waals surface area contributed by atoms with Crippen LogP contribution in [-0.2, 0) is 26.6 Å². The monoisotopic (exact) mass is 512 g/mol. The van der Waals surface area contributed by atoms with Crippen molar-refractivity contribution in [1.82, 2.24) is 0 Å². The molecule has 0 aliphatic heterocycles. The van der Waals surface area contributed by atoms with Crippen molar-refractivity contribution in [3.05, 3.63) is 0 Å². The second kappa shape index (κ2) is 17.1. The van der Waals surface area contributed by atoms with Crippen molar-refractivity contribution < 1.29 is 26.6 Å². The summed E-state index contributed by atoms with van der Waals surface area (Å²) in [5.41, 5.74) is 0. The minimum absolute atomic E-state index is 0.743. The van der Waals surface area contributed by atoms with Crippen molar-refractivity contribution in [2.75, 3.05) is 42.7 Å². The molecule has 0 aromatic heterocycles. The van der Waals surface area contributed by atoms with E-state index in [4.69, 9.17) is 26.6 Å². The highest BCUT2D eigenvalue weighted by molar-refractivity contribution is 6.66. The van der Waals surface area contributed by atoms with Gasteiger partial charge in [-0.25, -0.2) is 0 Å². The molecule has 0 N–H and O–H groups in total. The first-order chi connectivity index (χ1) is 14.6. The normalized spacial score (nSPS) is 13.4. The molecule has 0 spiro atoms. The molecule has 31 heavy (non-hydrogen) atoms. The fourth-order valence-electron chi connectivity index (χ4n) is 3.93. The molecular weight excluding hydrogens is 461 g/mol. The molecular formula is C21H52O6Si4. The van der Waals surface area contributed by atoms with Gasteiger partial charge in [0.15, 0.2) is 0 Å². The second-order valence-corrected chi connectivity index (χ2v) is 23.4. The highest BCUT2D eigenvalue weighted by Gasteiger charge is 2.30. The van der Waals surface area contributed by atoms with Gasteiger partial charge in [0.2, 0.25) is 0 Å². The number of rotatable bonds is 21. The minimum Gasteiger partial charge on any atom is -0.398 e. The average molecular weight is 513 g/mol. The van der Waals surface area contributed by atoms with Crippen LogP contribution in [0.5, 0.6) is 0 Å². The van der Waals surface area contributed by atoms with Crippen molar-refractivity contribution in [3.63, 3.8) is 0 Å². The SMILES string of the molecule is CO[Si](C)(CCCC[SiH](CCCC[Si](C)(OC)OC)CCCC[Si](C)(OC)OC)OC. The van der Waals surface area contributed by atoms with Gasteiger partial charge in [-0.2, -0.15) is 0 Å². The van der Waals surface area contributed by atoms with Gasteiger partial charge in [-0.3, -0.25) is 0 Å². The molecule has 0 amide bonds. The van der Waals surface area contributed by atoms with Crippen LogP contribution < -0.4 is 0 Å². The van der Waals surface area contributed by atoms with Crippen molar-refractivity contribution in [2.45, 2.75) is 94.4 Å². The second-order valence-electron chi connectivity index (χ2n) is 9.23. The zero-order chi connectivity index (χ0) is 23.8. The molecule has 10 heteroatoms. The molecule has 0 aromatic carbocycles. The Labute approximate surface area is 198 Å². The van der Waals surface area contributed by atoms with Gasteiger partial charge in [0.1, 0.15) is 0 Å². The number of hydrogen-bond acceptors (Lipinski definition) is 6. The lowest BCUT2D eigenvalue weighted by Gasteiger charge is -2.24. The van der Waals surface area contributed by atoms with E-state index in [2.05, 4.69) is 19.6 Å². The Morgan fingerprint density at radius 2 is 0.645 bits per heavy atom. The molecule has 0 saturated heterocycles. The molecule has 0 bridgehead atoms. The lowest BCUT2D eigenvalue weighted by molar-refractivity contribution is 0.248. The van der Waals surface area contributed by atoms with E-state index < -0.39 is 34.5 Å². The van der Waals surface area contributed by atoms with Crippen LogP contribution in [0.3, 0.4) is 0 Å². The summed E-state index contributed by atoms with van der Waals surface area (Å²) < 4.78 is 33.9. The van der Waals surface area contributed by atoms with E-state index in [1.807, 2.05) is 0 Å². The van der Waals surface area contributed by atoms with E-state index in [0.717, 1.165) is 18.1 Å². The summed E-state index contributed by atoms with van der Waals surface area (Å²) in [6.45, 7) is 6.50. The third-order valence-electron chi connectivity index (χ3n) is 7.07. The van der Waals surface area contributed by atoms with Crippen molar-refractivity contribution >= 4 is 34.5 Å². The molecule has 0 heterocycles. The van der Waals surface area contributed by atoms with Crippen molar-refractivity contribution in [3.8, 4) is 0 Å². The van der Waals surface area contributed by atoms with Crippen molar-refractivity contribution in [2.24, 2.45) is 0 Å². The van der Waals surface area contributed by atoms with Gasteiger partial charge < -0.3 is 26.6 Å². The first kappa shape index (κ1) is 31.6. The Kier molecular flexibility index (Phi) is 17.5. The highest BCUT2D eigenvalue weighted by Crippen LogP contribution is 2.24. The fraction of sp³-hybridized carbons (Fsp3) is 1.00. The average Bonchev–Trinajstić information content (AvgIpc) is 2.80. The highest BCUT2D eigenvalue weighted by atomic mass is 28.4. The van der Waals surface area contributed by atoms with Gasteiger partial charge in [0, 0.05) is 51.5 Å². The summed E-state index contributed by atoms with van der Waals surface area (Å²) in [5.74, 6) is 0. The van der Waals surface area contributed by atoms with Crippen LogP contribution in [0, 0.1) is 0 Å². The van der Waals surface area contributed by atoms with E-state index in [1.54, 1.807) is 42.7 Å². The predicted molar refractivity (Wildman–Crippen MR) is 141 cm³/mol. The Morgan fingerprint density at radius 1 is 0.419 bits per heavy atom. The first-order valence-corrected chi connectivity index (χ1v) is 22.0. The van der Waals surface area contributed by atoms with E-state index in [-0.39, 0.29) is 0 Å². The summed E-state index contributed by atoms with van der Waals surface area (Å²) in [6.07, 6.45) is 7.63. The van der Waals surface area contributed by atoms with E-state index in [9.17, 15) is 0 Å². The Bertz CT molecular complexity index is 370. The largest absolute Gasteiger partial charge is 0.398 e. The van der Waals surface area contributed by atoms with Crippen LogP contribution in [0.1, 0.15) is 38.5 Å². The number of hydrogen-bond donors (Lipinski definition) is 0. The molecule has 6 nitrogen and oxygen atoms in total. The van der Waals surface area contributed by atoms with E-state index in [1.165, 1.54) is 56.7 Å². The van der Waals surface area contributed by atoms with E-state index in [0.29, 0.717) is 0 Å². The Morgan fingerprint density at radius 3 is 0.839 bits per heavy atom. The van der Waals surface area contributed by atoms with Gasteiger partial charge >= 0.3 is 25.7 Å². The van der Waals surface area contributed by atoms with Crippen LogP contribution in [0.2, 0.25) is 55.9 Å². The van der Waals surface area contributed by atoms with Crippen LogP contribution in [-0.4, -0.2) is 77.1 Å². The third kappa shape index (κ3) is 13.8. The molecule has 0 aliphatic carbocycles. The van der Waals surface area contributed by atoms with E-state index >= 15 is 0 Å². The van der Waals surface area contributed by atoms with Gasteiger partial charge in [-0.15, -0.1) is 0 Å². The van der Waals surface area contributed by atoms with Gasteiger partial charge in [0.05, 0.1) is 0 Å². The fourth-order valence-corrected chi connectivity index (χ4v) is 11.8. The predicted octanol–water partition coefficient (Wildman–Crippen LogP) is 5.65. The maximum absolute atomic E-state index is 5.65. The molecule has 0 saturated carbocycles. The topological polar surface area (TPSA) is 55.4 Å². The summed E-state index contributed by atoms with van der Waals surface area (Å²) >= 11 is 0. The Balaban J connectivity index is 4.50. The zero-order valence-electron chi connectivity index (χ0n) is 22.0. The molecule has 0 fully saturated rings. The zero-order valence-corrected chi connectivity index (χ0v) is 26.2. The lowest BCUT2D eigenvalue weighted by Crippen LogP contribution is -2.36. The summed E-state index contributed by atoms with van der Waals surface area (Å²) in [7, 11) is 4.25. The maximum Gasteiger partial charge on any atom is 0.334 e. The molecule has 0 atom stereocenters. The Hall–Kier alpha value is 0.628. The summed E-state index contributed by atoms with van der Waals surface area (Å²) in [6, 6.07) is 7.59. The van der Waals surface area contributed by atoms with Gasteiger partial charge in [-0.1, -0.05) is 56.7 Å². The van der Waals surface area contributed by atoms with Gasteiger partial charge in [-0.05, 0) is 37.8 Å². The lowest BCUT2D eigenvalue weighted by atomic mass is 10.4. The summed E-state index contributed by atoms with van der Waals surface area (Å²) in [5, 5.41) is 0. The standard InChI is InChI=1S/C21H52O6Si4/c1-22-29(7,23-2)19-13-10-16-28(17-11-14-20-30(8,24-3)25-4)18-12-15-21-31(9,26-5)27-6/h28H,10-21H2,1-9H3. The maximum atomic E-state index is 5.65. The quantitative estimate of drug-likeness (QED) is 0.146.